The Morgan fingerprint density at radius 1 is 1.12 bits per heavy atom. The summed E-state index contributed by atoms with van der Waals surface area (Å²) in [5.74, 6) is 0.376. The molecule has 0 aliphatic carbocycles. The van der Waals surface area contributed by atoms with Crippen LogP contribution in [0.15, 0.2) is 18.2 Å². The molecular weight excluding hydrogens is 375 g/mol. The second kappa shape index (κ2) is 10.0. The van der Waals surface area contributed by atoms with Crippen molar-refractivity contribution in [3.8, 4) is 0 Å². The van der Waals surface area contributed by atoms with Crippen LogP contribution >= 0.6 is 23.2 Å². The fraction of sp³-hybridized carbons (Fsp3) is 0.579. The molecule has 0 spiro atoms. The molecule has 0 saturated carbocycles. The topological polar surface area (TPSA) is 49.9 Å². The number of carbonyl (C=O) groups is 2. The van der Waals surface area contributed by atoms with Crippen molar-refractivity contribution in [1.82, 2.24) is 9.80 Å². The monoisotopic (exact) mass is 400 g/mol. The van der Waals surface area contributed by atoms with Gasteiger partial charge in [0.25, 0.3) is 0 Å². The maximum atomic E-state index is 12.5. The first-order valence-electron chi connectivity index (χ1n) is 9.01. The van der Waals surface area contributed by atoms with Crippen molar-refractivity contribution in [3.63, 3.8) is 0 Å². The molecule has 1 aliphatic heterocycles. The first kappa shape index (κ1) is 20.8. The number of benzene rings is 1. The molecule has 5 nitrogen and oxygen atoms in total. The van der Waals surface area contributed by atoms with Gasteiger partial charge in [0, 0.05) is 32.6 Å². The van der Waals surface area contributed by atoms with Crippen molar-refractivity contribution in [2.24, 2.45) is 5.92 Å². The first-order valence-corrected chi connectivity index (χ1v) is 9.76. The predicted molar refractivity (Wildman–Crippen MR) is 104 cm³/mol. The number of halogens is 2. The van der Waals surface area contributed by atoms with Crippen molar-refractivity contribution in [2.45, 2.75) is 33.1 Å². The Kier molecular flexibility index (Phi) is 8.04. The Hall–Kier alpha value is -1.46. The Balaban J connectivity index is 1.83. The largest absolute Gasteiger partial charge is 0.449 e. The summed E-state index contributed by atoms with van der Waals surface area (Å²) >= 11 is 12.2. The van der Waals surface area contributed by atoms with Gasteiger partial charge >= 0.3 is 6.09 Å². The van der Waals surface area contributed by atoms with Crippen LogP contribution in [-0.2, 0) is 16.0 Å². The highest BCUT2D eigenvalue weighted by Gasteiger charge is 2.23. The van der Waals surface area contributed by atoms with Gasteiger partial charge in [0.05, 0.1) is 16.7 Å². The van der Waals surface area contributed by atoms with Gasteiger partial charge in [0.1, 0.15) is 0 Å². The molecule has 2 rings (SSSR count). The average molecular weight is 401 g/mol. The minimum Gasteiger partial charge on any atom is -0.449 e. The van der Waals surface area contributed by atoms with E-state index in [4.69, 9.17) is 27.9 Å². The lowest BCUT2D eigenvalue weighted by Crippen LogP contribution is -2.38. The van der Waals surface area contributed by atoms with Gasteiger partial charge in [0.2, 0.25) is 5.91 Å². The zero-order valence-corrected chi connectivity index (χ0v) is 16.9. The number of carbonyl (C=O) groups excluding carboxylic acids is 2. The normalized spacial score (nSPS) is 15.1. The number of aryl methyl sites for hydroxylation is 1. The van der Waals surface area contributed by atoms with E-state index in [0.717, 1.165) is 12.0 Å². The van der Waals surface area contributed by atoms with E-state index in [2.05, 4.69) is 0 Å². The molecule has 0 unspecified atom stereocenters. The fourth-order valence-corrected chi connectivity index (χ4v) is 3.23. The van der Waals surface area contributed by atoms with Crippen molar-refractivity contribution in [3.05, 3.63) is 33.8 Å². The molecule has 2 amide bonds. The summed E-state index contributed by atoms with van der Waals surface area (Å²) in [4.78, 5) is 28.1. The molecule has 1 aromatic rings. The average Bonchev–Trinajstić information content (AvgIpc) is 2.87. The van der Waals surface area contributed by atoms with Crippen molar-refractivity contribution in [2.75, 3.05) is 32.8 Å². The summed E-state index contributed by atoms with van der Waals surface area (Å²) < 4.78 is 5.28. The molecule has 7 heteroatoms. The van der Waals surface area contributed by atoms with Gasteiger partial charge in [-0.3, -0.25) is 4.79 Å². The maximum Gasteiger partial charge on any atom is 0.409 e. The van der Waals surface area contributed by atoms with Gasteiger partial charge in [0.15, 0.2) is 0 Å². The molecule has 0 aromatic heterocycles. The number of hydrogen-bond donors (Lipinski definition) is 0. The Morgan fingerprint density at radius 3 is 2.54 bits per heavy atom. The molecule has 0 atom stereocenters. The standard InChI is InChI=1S/C19H26Cl2N2O3/c1-14(2)13-26-19(25)23-10-4-9-22(11-12-23)17(24)8-7-15-5-3-6-16(20)18(15)21/h3,5-6,14H,4,7-13H2,1-2H3. The van der Waals surface area contributed by atoms with Gasteiger partial charge in [-0.25, -0.2) is 4.79 Å². The molecule has 0 N–H and O–H groups in total. The number of amides is 2. The Labute approximate surface area is 165 Å². The molecular formula is C19H26Cl2N2O3. The van der Waals surface area contributed by atoms with E-state index in [0.29, 0.717) is 61.6 Å². The van der Waals surface area contributed by atoms with E-state index in [1.54, 1.807) is 11.0 Å². The molecule has 1 aromatic carbocycles. The molecule has 1 fully saturated rings. The van der Waals surface area contributed by atoms with Crippen LogP contribution in [0, 0.1) is 5.92 Å². The minimum absolute atomic E-state index is 0.0680. The summed E-state index contributed by atoms with van der Waals surface area (Å²) in [6.45, 7) is 6.71. The van der Waals surface area contributed by atoms with Crippen LogP contribution in [0.5, 0.6) is 0 Å². The van der Waals surface area contributed by atoms with Crippen LogP contribution in [0.25, 0.3) is 0 Å². The van der Waals surface area contributed by atoms with Crippen LogP contribution in [0.4, 0.5) is 4.79 Å². The SMILES string of the molecule is CC(C)COC(=O)N1CCCN(C(=O)CCc2cccc(Cl)c2Cl)CC1. The van der Waals surface area contributed by atoms with Crippen molar-refractivity contribution < 1.29 is 14.3 Å². The number of nitrogens with zero attached hydrogens (tertiary/aromatic N) is 2. The van der Waals surface area contributed by atoms with Gasteiger partial charge in [-0.05, 0) is 30.4 Å². The highest BCUT2D eigenvalue weighted by molar-refractivity contribution is 6.42. The van der Waals surface area contributed by atoms with Crippen LogP contribution < -0.4 is 0 Å². The molecule has 1 heterocycles. The van der Waals surface area contributed by atoms with Crippen molar-refractivity contribution in [1.29, 1.82) is 0 Å². The third-order valence-electron chi connectivity index (χ3n) is 4.29. The second-order valence-electron chi connectivity index (χ2n) is 6.91. The highest BCUT2D eigenvalue weighted by Crippen LogP contribution is 2.26. The molecule has 26 heavy (non-hydrogen) atoms. The maximum absolute atomic E-state index is 12.5. The molecule has 1 saturated heterocycles. The Bertz CT molecular complexity index is 637. The van der Waals surface area contributed by atoms with Gasteiger partial charge in [-0.2, -0.15) is 0 Å². The minimum atomic E-state index is -0.293. The van der Waals surface area contributed by atoms with E-state index < -0.39 is 0 Å². The second-order valence-corrected chi connectivity index (χ2v) is 7.69. The predicted octanol–water partition coefficient (Wildman–Crippen LogP) is 4.25. The molecule has 1 aliphatic rings. The molecule has 0 bridgehead atoms. The zero-order chi connectivity index (χ0) is 19.1. The summed E-state index contributed by atoms with van der Waals surface area (Å²) in [7, 11) is 0. The zero-order valence-electron chi connectivity index (χ0n) is 15.3. The van der Waals surface area contributed by atoms with Crippen LogP contribution in [-0.4, -0.2) is 54.6 Å². The number of hydrogen-bond acceptors (Lipinski definition) is 3. The smallest absolute Gasteiger partial charge is 0.409 e. The van der Waals surface area contributed by atoms with Gasteiger partial charge < -0.3 is 14.5 Å². The summed E-state index contributed by atoms with van der Waals surface area (Å²) in [6, 6.07) is 5.45. The number of ether oxygens (including phenoxy) is 1. The number of rotatable bonds is 5. The van der Waals surface area contributed by atoms with Gasteiger partial charge in [-0.15, -0.1) is 0 Å². The quantitative estimate of drug-likeness (QED) is 0.741. The summed E-state index contributed by atoms with van der Waals surface area (Å²) in [5.41, 5.74) is 0.876. The first-order chi connectivity index (χ1) is 12.4. The third kappa shape index (κ3) is 6.06. The van der Waals surface area contributed by atoms with Crippen LogP contribution in [0.3, 0.4) is 0 Å². The van der Waals surface area contributed by atoms with E-state index in [9.17, 15) is 9.59 Å². The van der Waals surface area contributed by atoms with Crippen molar-refractivity contribution >= 4 is 35.2 Å². The summed E-state index contributed by atoms with van der Waals surface area (Å²) in [6.07, 6.45) is 1.38. The van der Waals surface area contributed by atoms with E-state index in [1.165, 1.54) is 0 Å². The van der Waals surface area contributed by atoms with Crippen LogP contribution in [0.1, 0.15) is 32.3 Å². The lowest BCUT2D eigenvalue weighted by molar-refractivity contribution is -0.131. The molecule has 144 valence electrons. The van der Waals surface area contributed by atoms with Crippen LogP contribution in [0.2, 0.25) is 10.0 Å². The fourth-order valence-electron chi connectivity index (χ4n) is 2.82. The lowest BCUT2D eigenvalue weighted by atomic mass is 10.1. The lowest BCUT2D eigenvalue weighted by Gasteiger charge is -2.22. The van der Waals surface area contributed by atoms with E-state index in [1.807, 2.05) is 30.9 Å². The molecule has 0 radical (unpaired) electrons. The van der Waals surface area contributed by atoms with Gasteiger partial charge in [-0.1, -0.05) is 49.2 Å². The third-order valence-corrected chi connectivity index (χ3v) is 5.14. The van der Waals surface area contributed by atoms with E-state index in [-0.39, 0.29) is 12.0 Å². The highest BCUT2D eigenvalue weighted by atomic mass is 35.5. The summed E-state index contributed by atoms with van der Waals surface area (Å²) in [5, 5.41) is 1.01. The van der Waals surface area contributed by atoms with E-state index >= 15 is 0 Å². The Morgan fingerprint density at radius 2 is 1.81 bits per heavy atom.